The van der Waals surface area contributed by atoms with E-state index >= 15 is 0 Å². The average molecular weight is 251 g/mol. The zero-order valence-corrected chi connectivity index (χ0v) is 10.9. The molecule has 1 aliphatic heterocycles. The fraction of sp³-hybridized carbons (Fsp3) is 0.714. The van der Waals surface area contributed by atoms with Crippen molar-refractivity contribution in [1.29, 1.82) is 5.41 Å². The predicted molar refractivity (Wildman–Crippen MR) is 68.9 cm³/mol. The van der Waals surface area contributed by atoms with Crippen LogP contribution < -0.4 is 0 Å². The van der Waals surface area contributed by atoms with Crippen LogP contribution in [0.4, 0.5) is 0 Å². The van der Waals surface area contributed by atoms with Crippen molar-refractivity contribution in [3.8, 4) is 0 Å². The van der Waals surface area contributed by atoms with Crippen LogP contribution in [0.25, 0.3) is 0 Å². The average Bonchev–Trinajstić information content (AvgIpc) is 2.38. The highest BCUT2D eigenvalue weighted by Crippen LogP contribution is 2.36. The van der Waals surface area contributed by atoms with E-state index in [1.807, 2.05) is 6.92 Å². The van der Waals surface area contributed by atoms with E-state index in [1.54, 1.807) is 0 Å². The molecule has 0 spiro atoms. The van der Waals surface area contributed by atoms with Crippen LogP contribution in [0.5, 0.6) is 0 Å². The van der Waals surface area contributed by atoms with Crippen molar-refractivity contribution in [3.05, 3.63) is 11.3 Å². The van der Waals surface area contributed by atoms with Gasteiger partial charge in [0.05, 0.1) is 5.57 Å². The summed E-state index contributed by atoms with van der Waals surface area (Å²) in [5.74, 6) is 0.786. The van der Waals surface area contributed by atoms with Crippen LogP contribution in [0.2, 0.25) is 0 Å². The van der Waals surface area contributed by atoms with E-state index in [0.717, 1.165) is 26.1 Å². The number of ketones is 1. The molecule has 0 bridgehead atoms. The number of hydrogen-bond acceptors (Lipinski definition) is 4. The number of ether oxygens (including phenoxy) is 1. The fourth-order valence-corrected chi connectivity index (χ4v) is 2.96. The molecule has 100 valence electrons. The van der Waals surface area contributed by atoms with Gasteiger partial charge >= 0.3 is 0 Å². The summed E-state index contributed by atoms with van der Waals surface area (Å²) in [4.78, 5) is 12.1. The van der Waals surface area contributed by atoms with Crippen LogP contribution in [0.15, 0.2) is 11.3 Å². The zero-order valence-electron chi connectivity index (χ0n) is 10.9. The molecule has 0 aromatic carbocycles. The molecule has 1 heterocycles. The number of aliphatic hydroxyl groups is 1. The Labute approximate surface area is 108 Å². The van der Waals surface area contributed by atoms with E-state index < -0.39 is 0 Å². The third-order valence-electron chi connectivity index (χ3n) is 4.06. The molecule has 4 nitrogen and oxygen atoms in total. The molecule has 2 aliphatic rings. The fourth-order valence-electron chi connectivity index (χ4n) is 2.96. The third kappa shape index (κ3) is 2.64. The number of carbonyl (C=O) groups excluding carboxylic acids is 1. The molecule has 2 N–H and O–H groups in total. The van der Waals surface area contributed by atoms with Crippen LogP contribution >= 0.6 is 0 Å². The van der Waals surface area contributed by atoms with Gasteiger partial charge in [-0.25, -0.2) is 0 Å². The summed E-state index contributed by atoms with van der Waals surface area (Å²) in [6.45, 7) is 3.36. The lowest BCUT2D eigenvalue weighted by molar-refractivity contribution is -0.117. The maximum Gasteiger partial charge on any atom is 0.168 e. The molecule has 1 atom stereocenters. The lowest BCUT2D eigenvalue weighted by Crippen LogP contribution is -2.31. The van der Waals surface area contributed by atoms with E-state index in [4.69, 9.17) is 10.1 Å². The standard InChI is InChI=1S/C14H21NO3/c1-2-11(15)14-12(16)7-10(8-13(14)17)9-3-5-18-6-4-9/h9-10,15-16H,2-8H2,1H3. The topological polar surface area (TPSA) is 70.4 Å². The Hall–Kier alpha value is -1.16. The second-order valence-corrected chi connectivity index (χ2v) is 5.20. The SMILES string of the molecule is CCC(=N)C1=C(O)CC(C2CCOCC2)CC1=O. The molecule has 1 saturated heterocycles. The molecule has 1 aliphatic carbocycles. The highest BCUT2D eigenvalue weighted by atomic mass is 16.5. The number of Topliss-reactive ketones (excluding diaryl/α,β-unsaturated/α-hetero) is 1. The van der Waals surface area contributed by atoms with E-state index in [-0.39, 0.29) is 28.7 Å². The number of rotatable bonds is 3. The lowest BCUT2D eigenvalue weighted by atomic mass is 9.75. The molecule has 0 saturated carbocycles. The Bertz CT molecular complexity index is 381. The van der Waals surface area contributed by atoms with E-state index in [1.165, 1.54) is 0 Å². The van der Waals surface area contributed by atoms with E-state index in [9.17, 15) is 9.90 Å². The minimum absolute atomic E-state index is 0.0536. The summed E-state index contributed by atoms with van der Waals surface area (Å²) in [7, 11) is 0. The Morgan fingerprint density at radius 3 is 2.56 bits per heavy atom. The monoisotopic (exact) mass is 251 g/mol. The van der Waals surface area contributed by atoms with Crippen molar-refractivity contribution in [2.24, 2.45) is 11.8 Å². The van der Waals surface area contributed by atoms with Crippen molar-refractivity contribution in [1.82, 2.24) is 0 Å². The summed E-state index contributed by atoms with van der Waals surface area (Å²) in [6.07, 6.45) is 3.48. The summed E-state index contributed by atoms with van der Waals surface area (Å²) in [5.41, 5.74) is 0.545. The minimum atomic E-state index is -0.0536. The normalized spacial score (nSPS) is 26.5. The number of hydrogen-bond donors (Lipinski definition) is 2. The van der Waals surface area contributed by atoms with Crippen molar-refractivity contribution < 1.29 is 14.6 Å². The molecule has 0 aromatic heterocycles. The molecule has 18 heavy (non-hydrogen) atoms. The molecule has 0 aromatic rings. The second kappa shape index (κ2) is 5.65. The van der Waals surface area contributed by atoms with Crippen LogP contribution in [0.1, 0.15) is 39.0 Å². The molecule has 0 radical (unpaired) electrons. The first-order valence-electron chi connectivity index (χ1n) is 6.74. The van der Waals surface area contributed by atoms with Gasteiger partial charge in [0.25, 0.3) is 0 Å². The van der Waals surface area contributed by atoms with Crippen molar-refractivity contribution in [3.63, 3.8) is 0 Å². The Morgan fingerprint density at radius 1 is 1.33 bits per heavy atom. The summed E-state index contributed by atoms with van der Waals surface area (Å²) < 4.78 is 5.33. The van der Waals surface area contributed by atoms with Crippen LogP contribution in [-0.2, 0) is 9.53 Å². The first-order valence-corrected chi connectivity index (χ1v) is 6.74. The molecular weight excluding hydrogens is 230 g/mol. The van der Waals surface area contributed by atoms with Gasteiger partial charge in [-0.2, -0.15) is 0 Å². The van der Waals surface area contributed by atoms with E-state index in [0.29, 0.717) is 25.2 Å². The second-order valence-electron chi connectivity index (χ2n) is 5.20. The highest BCUT2D eigenvalue weighted by Gasteiger charge is 2.34. The first-order chi connectivity index (χ1) is 8.63. The Morgan fingerprint density at radius 2 is 2.00 bits per heavy atom. The van der Waals surface area contributed by atoms with Gasteiger partial charge in [0.2, 0.25) is 0 Å². The zero-order chi connectivity index (χ0) is 13.1. The van der Waals surface area contributed by atoms with Gasteiger partial charge < -0.3 is 15.3 Å². The largest absolute Gasteiger partial charge is 0.511 e. The summed E-state index contributed by atoms with van der Waals surface area (Å²) >= 11 is 0. The molecule has 1 unspecified atom stereocenters. The molecule has 2 rings (SSSR count). The van der Waals surface area contributed by atoms with Gasteiger partial charge in [0, 0.05) is 31.8 Å². The molecule has 4 heteroatoms. The molecular formula is C14H21NO3. The third-order valence-corrected chi connectivity index (χ3v) is 4.06. The quantitative estimate of drug-likeness (QED) is 0.757. The number of carbonyl (C=O) groups is 1. The van der Waals surface area contributed by atoms with Gasteiger partial charge in [-0.1, -0.05) is 6.92 Å². The van der Waals surface area contributed by atoms with Crippen molar-refractivity contribution >= 4 is 11.5 Å². The van der Waals surface area contributed by atoms with Gasteiger partial charge in [0.1, 0.15) is 5.76 Å². The molecule has 1 fully saturated rings. The maximum absolute atomic E-state index is 12.1. The smallest absolute Gasteiger partial charge is 0.168 e. The Kier molecular flexibility index (Phi) is 4.17. The number of nitrogens with one attached hydrogen (secondary N) is 1. The Balaban J connectivity index is 2.11. The maximum atomic E-state index is 12.1. The van der Waals surface area contributed by atoms with Crippen molar-refractivity contribution in [2.45, 2.75) is 39.0 Å². The number of allylic oxidation sites excluding steroid dienone is 2. The highest BCUT2D eigenvalue weighted by molar-refractivity contribution is 6.21. The van der Waals surface area contributed by atoms with Gasteiger partial charge in [-0.05, 0) is 31.1 Å². The van der Waals surface area contributed by atoms with Crippen molar-refractivity contribution in [2.75, 3.05) is 13.2 Å². The predicted octanol–water partition coefficient (Wildman–Crippen LogP) is 2.63. The summed E-state index contributed by atoms with van der Waals surface area (Å²) in [5, 5.41) is 17.8. The lowest BCUT2D eigenvalue weighted by Gasteiger charge is -2.32. The number of aliphatic hydroxyl groups excluding tert-OH is 1. The van der Waals surface area contributed by atoms with Crippen LogP contribution in [-0.4, -0.2) is 29.8 Å². The van der Waals surface area contributed by atoms with Crippen LogP contribution in [0, 0.1) is 17.2 Å². The van der Waals surface area contributed by atoms with Gasteiger partial charge in [-0.15, -0.1) is 0 Å². The van der Waals surface area contributed by atoms with E-state index in [2.05, 4.69) is 0 Å². The molecule has 0 amide bonds. The first kappa shape index (κ1) is 13.3. The van der Waals surface area contributed by atoms with Gasteiger partial charge in [-0.3, -0.25) is 4.79 Å². The van der Waals surface area contributed by atoms with Gasteiger partial charge in [0.15, 0.2) is 5.78 Å². The minimum Gasteiger partial charge on any atom is -0.511 e. The summed E-state index contributed by atoms with van der Waals surface area (Å²) in [6, 6.07) is 0. The van der Waals surface area contributed by atoms with Crippen LogP contribution in [0.3, 0.4) is 0 Å².